The summed E-state index contributed by atoms with van der Waals surface area (Å²) in [6.45, 7) is 0.115. The Balaban J connectivity index is 1.81. The van der Waals surface area contributed by atoms with Crippen LogP contribution < -0.4 is 5.32 Å². The van der Waals surface area contributed by atoms with E-state index in [9.17, 15) is 31.7 Å². The van der Waals surface area contributed by atoms with Gasteiger partial charge in [0, 0.05) is 12.6 Å². The Labute approximate surface area is 161 Å². The third-order valence-electron chi connectivity index (χ3n) is 3.88. The van der Waals surface area contributed by atoms with E-state index in [-0.39, 0.29) is 12.2 Å². The fourth-order valence-electron chi connectivity index (χ4n) is 2.42. The number of hydrogen-bond acceptors (Lipinski definition) is 7. The lowest BCUT2D eigenvalue weighted by Gasteiger charge is -2.11. The maximum absolute atomic E-state index is 12.7. The number of alkyl halides is 3. The molecule has 0 fully saturated rings. The lowest BCUT2D eigenvalue weighted by Crippen LogP contribution is -2.23. The minimum Gasteiger partial charge on any atom is -0.375 e. The molecule has 0 aliphatic carbocycles. The Bertz CT molecular complexity index is 1130. The second-order valence-corrected chi connectivity index (χ2v) is 7.69. The van der Waals surface area contributed by atoms with E-state index in [1.165, 1.54) is 17.3 Å². The van der Waals surface area contributed by atoms with Crippen molar-refractivity contribution in [1.29, 1.82) is 0 Å². The average molecular weight is 427 g/mol. The summed E-state index contributed by atoms with van der Waals surface area (Å²) >= 11 is 0. The normalized spacial score (nSPS) is 12.0. The number of rotatable bonds is 6. The molecule has 3 rings (SSSR count). The Kier molecular flexibility index (Phi) is 5.24. The van der Waals surface area contributed by atoms with Crippen molar-refractivity contribution >= 4 is 21.2 Å². The van der Waals surface area contributed by atoms with Crippen molar-refractivity contribution < 1.29 is 26.5 Å². The molecule has 1 N–H and O–H groups in total. The van der Waals surface area contributed by atoms with Crippen molar-refractivity contribution in [3.8, 4) is 5.69 Å². The SMILES string of the molecule is O=[N+]([O-])c1cc(S(=O)(=O)C(F)(F)F)ccc1NCc1ccc(-n2cncn2)cc1. The van der Waals surface area contributed by atoms with E-state index in [0.717, 1.165) is 17.3 Å². The molecule has 2 aromatic carbocycles. The van der Waals surface area contributed by atoms with Gasteiger partial charge in [0.05, 0.1) is 15.5 Å². The molecule has 0 aliphatic rings. The minimum atomic E-state index is -5.69. The number of nitro benzene ring substituents is 1. The molecule has 0 saturated carbocycles. The number of aromatic nitrogens is 3. The van der Waals surface area contributed by atoms with Gasteiger partial charge in [0.2, 0.25) is 0 Å². The standard InChI is InChI=1S/C16H12F3N5O4S/c17-16(18,19)29(27,28)13-5-6-14(15(7-13)24(25)26)21-8-11-1-3-12(4-2-11)23-10-20-9-22-23/h1-7,9-10,21H,8H2. The molecular formula is C16H12F3N5O4S. The van der Waals surface area contributed by atoms with Crippen molar-refractivity contribution in [2.45, 2.75) is 16.9 Å². The number of nitro groups is 1. The molecule has 9 nitrogen and oxygen atoms in total. The monoisotopic (exact) mass is 427 g/mol. The molecule has 0 unspecified atom stereocenters. The predicted molar refractivity (Wildman–Crippen MR) is 95.0 cm³/mol. The Hall–Kier alpha value is -3.48. The van der Waals surface area contributed by atoms with Gasteiger partial charge in [0.25, 0.3) is 15.5 Å². The number of sulfone groups is 1. The Morgan fingerprint density at radius 2 is 1.83 bits per heavy atom. The Morgan fingerprint density at radius 1 is 1.14 bits per heavy atom. The lowest BCUT2D eigenvalue weighted by atomic mass is 10.2. The van der Waals surface area contributed by atoms with Gasteiger partial charge < -0.3 is 5.32 Å². The van der Waals surface area contributed by atoms with Crippen molar-refractivity contribution in [3.63, 3.8) is 0 Å². The third-order valence-corrected chi connectivity index (χ3v) is 5.37. The zero-order valence-corrected chi connectivity index (χ0v) is 15.2. The van der Waals surface area contributed by atoms with Gasteiger partial charge in [-0.3, -0.25) is 10.1 Å². The smallest absolute Gasteiger partial charge is 0.375 e. The highest BCUT2D eigenvalue weighted by Crippen LogP contribution is 2.34. The van der Waals surface area contributed by atoms with E-state index in [0.29, 0.717) is 12.1 Å². The maximum atomic E-state index is 12.7. The van der Waals surface area contributed by atoms with Crippen LogP contribution in [-0.4, -0.2) is 33.6 Å². The molecule has 0 amide bonds. The van der Waals surface area contributed by atoms with Gasteiger partial charge in [-0.15, -0.1) is 0 Å². The van der Waals surface area contributed by atoms with Gasteiger partial charge >= 0.3 is 5.51 Å². The molecule has 0 bridgehead atoms. The second-order valence-electron chi connectivity index (χ2n) is 5.75. The van der Waals surface area contributed by atoms with Crippen molar-refractivity contribution in [2.24, 2.45) is 0 Å². The first-order valence-electron chi connectivity index (χ1n) is 7.87. The highest BCUT2D eigenvalue weighted by atomic mass is 32.2. The molecule has 152 valence electrons. The second kappa shape index (κ2) is 7.50. The van der Waals surface area contributed by atoms with Crippen molar-refractivity contribution in [2.75, 3.05) is 5.32 Å². The lowest BCUT2D eigenvalue weighted by molar-refractivity contribution is -0.384. The molecule has 0 saturated heterocycles. The fourth-order valence-corrected chi connectivity index (χ4v) is 3.20. The van der Waals surface area contributed by atoms with Crippen LogP contribution in [0.1, 0.15) is 5.56 Å². The first-order valence-corrected chi connectivity index (χ1v) is 9.35. The number of hydrogen-bond donors (Lipinski definition) is 1. The molecular weight excluding hydrogens is 415 g/mol. The number of nitrogens with one attached hydrogen (secondary N) is 1. The van der Waals surface area contributed by atoms with Crippen LogP contribution in [-0.2, 0) is 16.4 Å². The first-order chi connectivity index (χ1) is 13.6. The molecule has 13 heteroatoms. The van der Waals surface area contributed by atoms with Gasteiger partial charge in [0.15, 0.2) is 0 Å². The summed E-state index contributed by atoms with van der Waals surface area (Å²) in [5, 5.41) is 17.9. The van der Waals surface area contributed by atoms with Crippen LogP contribution in [0, 0.1) is 10.1 Å². The zero-order valence-electron chi connectivity index (χ0n) is 14.4. The third kappa shape index (κ3) is 4.18. The topological polar surface area (TPSA) is 120 Å². The van der Waals surface area contributed by atoms with Crippen LogP contribution >= 0.6 is 0 Å². The van der Waals surface area contributed by atoms with Crippen LogP contribution in [0.4, 0.5) is 24.5 Å². The summed E-state index contributed by atoms with van der Waals surface area (Å²) in [7, 11) is -5.69. The van der Waals surface area contributed by atoms with Crippen LogP contribution in [0.2, 0.25) is 0 Å². The molecule has 1 aromatic heterocycles. The summed E-state index contributed by atoms with van der Waals surface area (Å²) in [6, 6.07) is 8.90. The molecule has 0 atom stereocenters. The minimum absolute atomic E-state index is 0.114. The molecule has 1 heterocycles. The van der Waals surface area contributed by atoms with Crippen molar-refractivity contribution in [3.05, 3.63) is 70.8 Å². The number of anilines is 1. The summed E-state index contributed by atoms with van der Waals surface area (Å²) in [5.41, 5.74) is -5.00. The fraction of sp³-hybridized carbons (Fsp3) is 0.125. The molecule has 0 spiro atoms. The van der Waals surface area contributed by atoms with Gasteiger partial charge in [0.1, 0.15) is 18.3 Å². The van der Waals surface area contributed by atoms with Gasteiger partial charge in [-0.25, -0.2) is 18.1 Å². The van der Waals surface area contributed by atoms with Crippen LogP contribution in [0.15, 0.2) is 60.0 Å². The summed E-state index contributed by atoms with van der Waals surface area (Å²) < 4.78 is 62.5. The highest BCUT2D eigenvalue weighted by molar-refractivity contribution is 7.92. The number of halogens is 3. The average Bonchev–Trinajstić information content (AvgIpc) is 3.20. The number of benzene rings is 2. The zero-order chi connectivity index (χ0) is 21.2. The van der Waals surface area contributed by atoms with E-state index in [2.05, 4.69) is 15.4 Å². The van der Waals surface area contributed by atoms with Crippen LogP contribution in [0.3, 0.4) is 0 Å². The van der Waals surface area contributed by atoms with E-state index in [4.69, 9.17) is 0 Å². The first kappa shape index (κ1) is 20.3. The van der Waals surface area contributed by atoms with Gasteiger partial charge in [-0.1, -0.05) is 12.1 Å². The quantitative estimate of drug-likeness (QED) is 0.474. The Morgan fingerprint density at radius 3 is 2.38 bits per heavy atom. The van der Waals surface area contributed by atoms with Crippen molar-refractivity contribution in [1.82, 2.24) is 14.8 Å². The van der Waals surface area contributed by atoms with E-state index in [1.807, 2.05) is 0 Å². The van der Waals surface area contributed by atoms with E-state index >= 15 is 0 Å². The van der Waals surface area contributed by atoms with Gasteiger partial charge in [-0.2, -0.15) is 18.3 Å². The summed E-state index contributed by atoms with van der Waals surface area (Å²) in [6.07, 6.45) is 2.88. The molecule has 3 aromatic rings. The maximum Gasteiger partial charge on any atom is 0.501 e. The van der Waals surface area contributed by atoms with Crippen LogP contribution in [0.25, 0.3) is 5.69 Å². The predicted octanol–water partition coefficient (Wildman–Crippen LogP) is 3.08. The molecule has 0 aliphatic heterocycles. The summed E-state index contributed by atoms with van der Waals surface area (Å²) in [4.78, 5) is 12.9. The van der Waals surface area contributed by atoms with E-state index < -0.39 is 30.9 Å². The van der Waals surface area contributed by atoms with Gasteiger partial charge in [-0.05, 0) is 29.8 Å². The number of nitrogens with zero attached hydrogens (tertiary/aromatic N) is 4. The largest absolute Gasteiger partial charge is 0.501 e. The molecule has 29 heavy (non-hydrogen) atoms. The van der Waals surface area contributed by atoms with Crippen LogP contribution in [0.5, 0.6) is 0 Å². The molecule has 0 radical (unpaired) electrons. The summed E-state index contributed by atoms with van der Waals surface area (Å²) in [5.74, 6) is 0. The highest BCUT2D eigenvalue weighted by Gasteiger charge is 2.47. The van der Waals surface area contributed by atoms with E-state index in [1.54, 1.807) is 24.3 Å².